The first-order valence-electron chi connectivity index (χ1n) is 14.3. The van der Waals surface area contributed by atoms with Crippen molar-refractivity contribution in [3.63, 3.8) is 0 Å². The van der Waals surface area contributed by atoms with Crippen molar-refractivity contribution in [2.75, 3.05) is 169 Å². The van der Waals surface area contributed by atoms with Gasteiger partial charge in [-0.3, -0.25) is 0 Å². The first-order valence-corrected chi connectivity index (χ1v) is 26.8. The summed E-state index contributed by atoms with van der Waals surface area (Å²) in [5, 5.41) is 0. The van der Waals surface area contributed by atoms with E-state index in [1.165, 1.54) is 0 Å². The van der Waals surface area contributed by atoms with E-state index in [2.05, 4.69) is 225 Å². The predicted octanol–water partition coefficient (Wildman–Crippen LogP) is 0.387. The topological polar surface area (TPSA) is 38.9 Å². The zero-order valence-electron chi connectivity index (χ0n) is 32.2. The van der Waals surface area contributed by atoms with E-state index in [9.17, 15) is 0 Å². The molecule has 0 atom stereocenters. The second kappa shape index (κ2) is 16.4. The minimum Gasteiger partial charge on any atom is -1.00 e. The summed E-state index contributed by atoms with van der Waals surface area (Å²) in [6.07, 6.45) is 0. The van der Waals surface area contributed by atoms with Gasteiger partial charge in [-0.25, -0.2) is 0 Å². The molecule has 0 unspecified atom stereocenters. The summed E-state index contributed by atoms with van der Waals surface area (Å²) in [6.45, 7) is 0. The Balaban J connectivity index is 0. The normalized spacial score (nSPS) is 17.8. The number of nitrogens with zero attached hydrogens (tertiary/aromatic N) is 12. The van der Waals surface area contributed by atoms with Crippen LogP contribution in [0.5, 0.6) is 0 Å². The fraction of sp³-hybridized carbons (Fsp3) is 1.00. The van der Waals surface area contributed by atoms with E-state index in [4.69, 9.17) is 0 Å². The number of halogens is 1. The fourth-order valence-corrected chi connectivity index (χ4v) is 144. The third-order valence-electron chi connectivity index (χ3n) is 9.00. The third kappa shape index (κ3) is 5.82. The summed E-state index contributed by atoms with van der Waals surface area (Å²) in [7, 11) is 45.6. The first-order chi connectivity index (χ1) is 18.3. The number of rotatable bonds is 16. The van der Waals surface area contributed by atoms with E-state index >= 15 is 0 Å². The molecule has 0 amide bonds. The standard InChI is InChI=1S/C24H76N12P5.ClH/c1-25(2)37(26(3)4,27(5)6)41(38(28(7)8,29(9)10)30(11)12,39(31(13)14,32(15)16)33(17)18)40(34(19)20,35(21)22)36(23)24;/h37-40H,1-24H3;1H/q+1;/p-1. The number of hydrogen-bond acceptors (Lipinski definition) is 12. The van der Waals surface area contributed by atoms with Crippen LogP contribution in [0.4, 0.5) is 0 Å². The van der Waals surface area contributed by atoms with Crippen LogP contribution in [-0.4, -0.2) is 225 Å². The maximum absolute atomic E-state index is 2.86. The van der Waals surface area contributed by atoms with Gasteiger partial charge in [0.1, 0.15) is 0 Å². The molecule has 0 heterocycles. The molecule has 0 radical (unpaired) electrons. The molecule has 0 N–H and O–H groups in total. The van der Waals surface area contributed by atoms with E-state index < -0.39 is 35.6 Å². The molecule has 0 aliphatic heterocycles. The summed E-state index contributed by atoms with van der Waals surface area (Å²) in [6, 6.07) is -2.47. The van der Waals surface area contributed by atoms with Gasteiger partial charge in [0.25, 0.3) is 0 Å². The van der Waals surface area contributed by atoms with Crippen molar-refractivity contribution in [3.8, 4) is 0 Å². The summed E-state index contributed by atoms with van der Waals surface area (Å²) in [5.41, 5.74) is 0. The van der Waals surface area contributed by atoms with Crippen LogP contribution in [0.3, 0.4) is 0 Å². The van der Waals surface area contributed by atoms with Crippen LogP contribution in [-0.2, 0) is 0 Å². The Morgan fingerprint density at radius 1 is 0.214 bits per heavy atom. The Hall–Kier alpha value is 1.96. The van der Waals surface area contributed by atoms with E-state index in [0.717, 1.165) is 0 Å². The van der Waals surface area contributed by atoms with Crippen LogP contribution < -0.4 is 12.4 Å². The van der Waals surface area contributed by atoms with Gasteiger partial charge < -0.3 is 12.4 Å². The molecule has 0 spiro atoms. The summed E-state index contributed by atoms with van der Waals surface area (Å²) < 4.78 is 32.4. The van der Waals surface area contributed by atoms with Gasteiger partial charge in [-0.15, -0.1) is 0 Å². The minimum atomic E-state index is -2.86. The molecule has 0 fully saturated rings. The molecule has 12 nitrogen and oxygen atoms in total. The van der Waals surface area contributed by atoms with Crippen molar-refractivity contribution in [1.82, 2.24) is 56.0 Å². The summed E-state index contributed by atoms with van der Waals surface area (Å²) in [4.78, 5) is 0. The molecular weight excluding hydrogens is 647 g/mol. The van der Waals surface area contributed by atoms with E-state index in [1.54, 1.807) is 0 Å². The van der Waals surface area contributed by atoms with Crippen molar-refractivity contribution in [2.45, 2.75) is 0 Å². The molecule has 0 aliphatic rings. The van der Waals surface area contributed by atoms with Crippen LogP contribution in [0.2, 0.25) is 0 Å². The van der Waals surface area contributed by atoms with Crippen molar-refractivity contribution in [1.29, 1.82) is 0 Å². The van der Waals surface area contributed by atoms with Crippen LogP contribution in [0.25, 0.3) is 0 Å². The third-order valence-corrected chi connectivity index (χ3v) is 84.6. The van der Waals surface area contributed by atoms with Crippen LogP contribution in [0, 0.1) is 0 Å². The van der Waals surface area contributed by atoms with Crippen molar-refractivity contribution >= 4 is 35.6 Å². The van der Waals surface area contributed by atoms with Gasteiger partial charge in [0.2, 0.25) is 0 Å². The molecule has 264 valence electrons. The number of hydrogen-bond donors (Lipinski definition) is 0. The van der Waals surface area contributed by atoms with Gasteiger partial charge in [-0.2, -0.15) is 0 Å². The van der Waals surface area contributed by atoms with Gasteiger partial charge >= 0.3 is 261 Å². The SMILES string of the molecule is CN(C)[PH](N(C)C)(N(C)C)[P+]([PH](N(C)C)(N(C)C)N(C)C)([PH](N(C)C)(N(C)C)N(C)C)[PH](N(C)C)(N(C)C)N(C)C.[Cl-]. The molecule has 0 aromatic carbocycles. The molecule has 0 aromatic rings. The smallest absolute Gasteiger partial charge is 1.00 e. The van der Waals surface area contributed by atoms with E-state index in [1.807, 2.05) is 0 Å². The predicted molar refractivity (Wildman–Crippen MR) is 204 cm³/mol. The molecule has 0 aromatic heterocycles. The molecule has 0 rings (SSSR count). The molecule has 0 saturated heterocycles. The maximum atomic E-state index is 2.70. The van der Waals surface area contributed by atoms with Gasteiger partial charge in [-0.1, -0.05) is 0 Å². The van der Waals surface area contributed by atoms with Crippen LogP contribution in [0.15, 0.2) is 0 Å². The quantitative estimate of drug-likeness (QED) is 0.207. The van der Waals surface area contributed by atoms with Gasteiger partial charge in [0.15, 0.2) is 0 Å². The average molecular weight is 723 g/mol. The van der Waals surface area contributed by atoms with Gasteiger partial charge in [0.05, 0.1) is 0 Å². The molecular formula is C24H76ClN12P5. The Kier molecular flexibility index (Phi) is 18.0. The molecule has 0 aliphatic carbocycles. The van der Waals surface area contributed by atoms with Crippen molar-refractivity contribution in [3.05, 3.63) is 0 Å². The Labute approximate surface area is 272 Å². The van der Waals surface area contributed by atoms with Crippen LogP contribution in [0.1, 0.15) is 0 Å². The van der Waals surface area contributed by atoms with Crippen molar-refractivity contribution < 1.29 is 12.4 Å². The zero-order chi connectivity index (χ0) is 33.4. The molecule has 42 heavy (non-hydrogen) atoms. The zero-order valence-corrected chi connectivity index (χ0v) is 37.8. The van der Waals surface area contributed by atoms with E-state index in [-0.39, 0.29) is 12.4 Å². The maximum Gasteiger partial charge on any atom is -1.00 e. The summed E-state index contributed by atoms with van der Waals surface area (Å²) >= 11 is 0. The average Bonchev–Trinajstić information content (AvgIpc) is 2.71. The largest absolute Gasteiger partial charge is 1.00 e. The second-order valence-corrected chi connectivity index (χ2v) is 54.0. The molecule has 18 heteroatoms. The first kappa shape index (κ1) is 46.1. The van der Waals surface area contributed by atoms with Crippen molar-refractivity contribution in [2.24, 2.45) is 0 Å². The summed E-state index contributed by atoms with van der Waals surface area (Å²) in [5.74, 6) is 0. The fourth-order valence-electron chi connectivity index (χ4n) is 9.61. The Morgan fingerprint density at radius 3 is 0.333 bits per heavy atom. The molecule has 0 bridgehead atoms. The monoisotopic (exact) mass is 722 g/mol. The van der Waals surface area contributed by atoms with Gasteiger partial charge in [0, 0.05) is 0 Å². The Bertz CT molecular complexity index is 605. The minimum absolute atomic E-state index is 0. The van der Waals surface area contributed by atoms with Gasteiger partial charge in [-0.05, 0) is 0 Å². The Morgan fingerprint density at radius 2 is 0.286 bits per heavy atom. The van der Waals surface area contributed by atoms with E-state index in [0.29, 0.717) is 0 Å². The molecule has 0 saturated carbocycles. The second-order valence-electron chi connectivity index (χ2n) is 13.8. The van der Waals surface area contributed by atoms with Crippen LogP contribution >= 0.6 is 35.6 Å².